The van der Waals surface area contributed by atoms with Crippen LogP contribution in [-0.2, 0) is 15.7 Å². The number of anilines is 2. The van der Waals surface area contributed by atoms with Gasteiger partial charge in [-0.25, -0.2) is 13.8 Å². The minimum atomic E-state index is -4.83. The number of ether oxygens (including phenoxy) is 2. The van der Waals surface area contributed by atoms with Gasteiger partial charge in [-0.05, 0) is 44.4 Å². The van der Waals surface area contributed by atoms with Crippen LogP contribution in [-0.4, -0.2) is 132 Å². The molecule has 1 amide bonds. The van der Waals surface area contributed by atoms with E-state index >= 15 is 4.39 Å². The minimum absolute atomic E-state index is 0.115. The Morgan fingerprint density at radius 2 is 1.81 bits per heavy atom. The van der Waals surface area contributed by atoms with E-state index in [2.05, 4.69) is 29.7 Å². The topological polar surface area (TPSA) is 150 Å². The summed E-state index contributed by atoms with van der Waals surface area (Å²) in [6.07, 6.45) is 2.61. The maximum atomic E-state index is 15.9. The molecule has 0 aliphatic carbocycles. The van der Waals surface area contributed by atoms with E-state index < -0.39 is 35.1 Å². The SMILES string of the molecule is CC#N.COc1nc(N2CCN(C(=O)/C=C/CN3CCOCC3)CC2)c2cnc(-c3nc(N)cc(C)c3C(F)(F)F)c(F)c2n1.FC1CC2CCCN2C1. The number of carbonyl (C=O) groups excluding carboxylic acids is 1. The first-order valence-electron chi connectivity index (χ1n) is 17.8. The number of aryl methyl sites for hydroxylation is 1. The number of carbonyl (C=O) groups is 1. The zero-order valence-electron chi connectivity index (χ0n) is 30.6. The van der Waals surface area contributed by atoms with E-state index in [0.29, 0.717) is 58.5 Å². The van der Waals surface area contributed by atoms with E-state index in [0.717, 1.165) is 32.1 Å². The largest absolute Gasteiger partial charge is 0.467 e. The van der Waals surface area contributed by atoms with Crippen molar-refractivity contribution in [2.45, 2.75) is 51.5 Å². The molecule has 0 aromatic carbocycles. The molecule has 292 valence electrons. The number of pyridine rings is 2. The van der Waals surface area contributed by atoms with Crippen molar-refractivity contribution in [3.05, 3.63) is 41.4 Å². The van der Waals surface area contributed by atoms with Crippen LogP contribution in [0.2, 0.25) is 0 Å². The second-order valence-electron chi connectivity index (χ2n) is 13.3. The molecule has 2 N–H and O–H groups in total. The Morgan fingerprint density at radius 1 is 1.11 bits per heavy atom. The van der Waals surface area contributed by atoms with Gasteiger partial charge in [-0.1, -0.05) is 6.08 Å². The fraction of sp³-hybridized carbons (Fsp3) is 0.556. The Balaban J connectivity index is 0.000000396. The maximum Gasteiger partial charge on any atom is 0.418 e. The van der Waals surface area contributed by atoms with E-state index in [4.69, 9.17) is 20.5 Å². The summed E-state index contributed by atoms with van der Waals surface area (Å²) in [6, 6.07) is 3.25. The Hall–Kier alpha value is -4.73. The lowest BCUT2D eigenvalue weighted by molar-refractivity contribution is -0.137. The van der Waals surface area contributed by atoms with Crippen LogP contribution >= 0.6 is 0 Å². The van der Waals surface area contributed by atoms with Crippen molar-refractivity contribution in [2.24, 2.45) is 0 Å². The summed E-state index contributed by atoms with van der Waals surface area (Å²) < 4.78 is 80.8. The van der Waals surface area contributed by atoms with E-state index in [9.17, 15) is 22.4 Å². The highest BCUT2D eigenvalue weighted by molar-refractivity contribution is 5.92. The lowest BCUT2D eigenvalue weighted by Gasteiger charge is -2.35. The number of piperazine rings is 1. The molecule has 4 fully saturated rings. The number of nitriles is 1. The van der Waals surface area contributed by atoms with Gasteiger partial charge in [0.05, 0.1) is 37.3 Å². The highest BCUT2D eigenvalue weighted by atomic mass is 19.4. The zero-order chi connectivity index (χ0) is 39.0. The van der Waals surface area contributed by atoms with E-state index in [1.807, 2.05) is 11.0 Å². The summed E-state index contributed by atoms with van der Waals surface area (Å²) in [5.74, 6) is -1.15. The average Bonchev–Trinajstić information content (AvgIpc) is 3.73. The third-order valence-electron chi connectivity index (χ3n) is 9.65. The number of amides is 1. The maximum absolute atomic E-state index is 15.9. The Bertz CT molecular complexity index is 1830. The van der Waals surface area contributed by atoms with Crippen LogP contribution in [0.1, 0.15) is 37.3 Å². The summed E-state index contributed by atoms with van der Waals surface area (Å²) in [7, 11) is 1.30. The molecule has 0 radical (unpaired) electrons. The number of rotatable bonds is 6. The van der Waals surface area contributed by atoms with Crippen molar-refractivity contribution >= 4 is 28.4 Å². The van der Waals surface area contributed by atoms with Crippen LogP contribution in [0, 0.1) is 24.1 Å². The molecule has 2 unspecified atom stereocenters. The van der Waals surface area contributed by atoms with Gasteiger partial charge in [0.15, 0.2) is 5.82 Å². The highest BCUT2D eigenvalue weighted by Crippen LogP contribution is 2.40. The molecule has 54 heavy (non-hydrogen) atoms. The lowest BCUT2D eigenvalue weighted by atomic mass is 10.0. The van der Waals surface area contributed by atoms with Crippen LogP contribution in [0.25, 0.3) is 22.3 Å². The van der Waals surface area contributed by atoms with Crippen molar-refractivity contribution < 1.29 is 36.2 Å². The molecular formula is C36H45F5N10O3. The molecular weight excluding hydrogens is 715 g/mol. The van der Waals surface area contributed by atoms with Crippen LogP contribution < -0.4 is 15.4 Å². The predicted octanol–water partition coefficient (Wildman–Crippen LogP) is 4.40. The smallest absolute Gasteiger partial charge is 0.418 e. The molecule has 3 aromatic heterocycles. The summed E-state index contributed by atoms with van der Waals surface area (Å²) in [5.41, 5.74) is 2.72. The molecule has 3 aromatic rings. The summed E-state index contributed by atoms with van der Waals surface area (Å²) in [6.45, 7) is 9.68. The molecule has 4 saturated heterocycles. The summed E-state index contributed by atoms with van der Waals surface area (Å²) in [4.78, 5) is 37.0. The number of halogens is 5. The third-order valence-corrected chi connectivity index (χ3v) is 9.65. The summed E-state index contributed by atoms with van der Waals surface area (Å²) in [5, 5.41) is 7.50. The van der Waals surface area contributed by atoms with Crippen molar-refractivity contribution in [2.75, 3.05) is 89.9 Å². The molecule has 0 bridgehead atoms. The molecule has 0 saturated carbocycles. The predicted molar refractivity (Wildman–Crippen MR) is 192 cm³/mol. The number of alkyl halides is 4. The Kier molecular flexibility index (Phi) is 13.5. The number of fused-ring (bicyclic) bond motifs is 2. The zero-order valence-corrected chi connectivity index (χ0v) is 30.6. The van der Waals surface area contributed by atoms with E-state index in [1.165, 1.54) is 40.0 Å². The summed E-state index contributed by atoms with van der Waals surface area (Å²) >= 11 is 0. The number of nitrogens with two attached hydrogens (primary N) is 1. The standard InChI is InChI=1S/C27H30F4N8O3.C7H12FN.C2H3N/c1-16-14-18(32)34-23(20(16)27(29,30)31)24-21(28)22-17(15-33-24)25(36-26(35-22)41-2)39-8-6-38(7-9-39)19(40)4-3-5-37-10-12-42-13-11-37;8-6-4-7-2-1-3-9(7)5-6;1-2-3/h3-4,14-15H,5-13H2,1-2H3,(H2,32,34);6-7H,1-5H2;1H3/b4-3+;;. The number of nitrogen functional groups attached to an aromatic ring is 1. The van der Waals surface area contributed by atoms with Crippen LogP contribution in [0.5, 0.6) is 6.01 Å². The first-order valence-corrected chi connectivity index (χ1v) is 17.8. The van der Waals surface area contributed by atoms with Crippen molar-refractivity contribution in [3.8, 4) is 23.5 Å². The second kappa shape index (κ2) is 18.1. The normalized spacial score (nSPS) is 20.6. The van der Waals surface area contributed by atoms with Gasteiger partial charge in [-0.2, -0.15) is 28.4 Å². The van der Waals surface area contributed by atoms with Gasteiger partial charge in [0.25, 0.3) is 0 Å². The number of morpholine rings is 1. The van der Waals surface area contributed by atoms with Crippen molar-refractivity contribution in [1.29, 1.82) is 5.26 Å². The average molecular weight is 761 g/mol. The second-order valence-corrected chi connectivity index (χ2v) is 13.3. The quantitative estimate of drug-likeness (QED) is 0.280. The van der Waals surface area contributed by atoms with Crippen molar-refractivity contribution in [1.82, 2.24) is 34.6 Å². The monoisotopic (exact) mass is 760 g/mol. The van der Waals surface area contributed by atoms with Gasteiger partial charge in [0.1, 0.15) is 34.7 Å². The molecule has 13 nitrogen and oxygen atoms in total. The number of methoxy groups -OCH3 is 1. The molecule has 7 heterocycles. The van der Waals surface area contributed by atoms with E-state index in [-0.39, 0.29) is 40.0 Å². The lowest BCUT2D eigenvalue weighted by Crippen LogP contribution is -2.48. The van der Waals surface area contributed by atoms with Crippen LogP contribution in [0.4, 0.5) is 33.6 Å². The first kappa shape index (κ1) is 40.5. The van der Waals surface area contributed by atoms with Gasteiger partial charge in [-0.15, -0.1) is 0 Å². The van der Waals surface area contributed by atoms with Gasteiger partial charge in [0, 0.05) is 77.6 Å². The molecule has 4 aliphatic rings. The molecule has 0 spiro atoms. The molecule has 4 aliphatic heterocycles. The highest BCUT2D eigenvalue weighted by Gasteiger charge is 2.38. The number of hydrogen-bond donors (Lipinski definition) is 1. The van der Waals surface area contributed by atoms with Gasteiger partial charge in [0.2, 0.25) is 5.91 Å². The fourth-order valence-corrected chi connectivity index (χ4v) is 7.10. The van der Waals surface area contributed by atoms with E-state index in [1.54, 1.807) is 17.0 Å². The molecule has 18 heteroatoms. The Labute approximate surface area is 310 Å². The number of aromatic nitrogens is 4. The minimum Gasteiger partial charge on any atom is -0.467 e. The molecule has 2 atom stereocenters. The first-order chi connectivity index (χ1) is 25.8. The van der Waals surface area contributed by atoms with Gasteiger partial charge in [-0.3, -0.25) is 19.6 Å². The Morgan fingerprint density at radius 3 is 2.46 bits per heavy atom. The fourth-order valence-electron chi connectivity index (χ4n) is 7.10. The van der Waals surface area contributed by atoms with Crippen molar-refractivity contribution in [3.63, 3.8) is 0 Å². The van der Waals surface area contributed by atoms with Crippen LogP contribution in [0.3, 0.4) is 0 Å². The molecule has 7 rings (SSSR count). The number of hydrogen-bond acceptors (Lipinski definition) is 12. The third kappa shape index (κ3) is 9.68. The van der Waals surface area contributed by atoms with Crippen LogP contribution in [0.15, 0.2) is 24.4 Å². The van der Waals surface area contributed by atoms with Gasteiger partial charge < -0.3 is 25.0 Å². The van der Waals surface area contributed by atoms with Gasteiger partial charge >= 0.3 is 12.2 Å². The number of nitrogens with zero attached hydrogens (tertiary/aromatic N) is 9.